The van der Waals surface area contributed by atoms with Crippen LogP contribution < -0.4 is 14.5 Å². The topological polar surface area (TPSA) is 53.1 Å². The van der Waals surface area contributed by atoms with Crippen molar-refractivity contribution in [3.63, 3.8) is 0 Å². The molecule has 5 rings (SSSR count). The molecule has 35 heavy (non-hydrogen) atoms. The van der Waals surface area contributed by atoms with Crippen LogP contribution >= 0.6 is 11.8 Å². The van der Waals surface area contributed by atoms with Gasteiger partial charge in [-0.05, 0) is 55.5 Å². The van der Waals surface area contributed by atoms with Crippen LogP contribution in [0.1, 0.15) is 5.56 Å². The van der Waals surface area contributed by atoms with Gasteiger partial charge in [-0.25, -0.2) is 4.90 Å². The smallest absolute Gasteiger partial charge is 0.283 e. The number of hydrogen-bond donors (Lipinski definition) is 0. The van der Waals surface area contributed by atoms with Gasteiger partial charge in [-0.2, -0.15) is 0 Å². The summed E-state index contributed by atoms with van der Waals surface area (Å²) >= 11 is 1.36. The Morgan fingerprint density at radius 1 is 0.714 bits per heavy atom. The number of anilines is 2. The molecule has 3 aromatic carbocycles. The molecule has 7 heteroatoms. The predicted molar refractivity (Wildman–Crippen MR) is 140 cm³/mol. The Hall–Kier alpha value is -3.71. The number of methoxy groups -OCH3 is 1. The average Bonchev–Trinajstić information content (AvgIpc) is 3.15. The molecule has 2 aliphatic rings. The van der Waals surface area contributed by atoms with Gasteiger partial charge in [-0.15, -0.1) is 0 Å². The highest BCUT2D eigenvalue weighted by molar-refractivity contribution is 8.04. The molecule has 0 bridgehead atoms. The molecule has 0 aromatic heterocycles. The number of benzene rings is 3. The average molecular weight is 486 g/mol. The number of hydrogen-bond acceptors (Lipinski definition) is 6. The van der Waals surface area contributed by atoms with Crippen LogP contribution in [-0.2, 0) is 9.59 Å². The summed E-state index contributed by atoms with van der Waals surface area (Å²) in [5, 5.41) is 0. The second-order valence-electron chi connectivity index (χ2n) is 8.55. The number of thioether (sulfide) groups is 1. The van der Waals surface area contributed by atoms with Crippen LogP contribution in [0, 0.1) is 6.92 Å². The van der Waals surface area contributed by atoms with E-state index in [2.05, 4.69) is 21.9 Å². The van der Waals surface area contributed by atoms with Gasteiger partial charge in [0, 0.05) is 36.8 Å². The first-order chi connectivity index (χ1) is 17.0. The Kier molecular flexibility index (Phi) is 6.51. The first-order valence-corrected chi connectivity index (χ1v) is 12.4. The van der Waals surface area contributed by atoms with Gasteiger partial charge in [0.15, 0.2) is 0 Å². The fourth-order valence-corrected chi connectivity index (χ4v) is 5.39. The number of amides is 2. The molecule has 0 N–H and O–H groups in total. The summed E-state index contributed by atoms with van der Waals surface area (Å²) in [6.45, 7) is 4.91. The van der Waals surface area contributed by atoms with Crippen LogP contribution in [-0.4, -0.2) is 50.0 Å². The van der Waals surface area contributed by atoms with Gasteiger partial charge in [0.2, 0.25) is 0 Å². The molecule has 1 saturated heterocycles. The summed E-state index contributed by atoms with van der Waals surface area (Å²) in [6.07, 6.45) is 0. The van der Waals surface area contributed by atoms with E-state index in [-0.39, 0.29) is 11.8 Å². The molecule has 0 aliphatic carbocycles. The Labute approximate surface area is 209 Å². The lowest BCUT2D eigenvalue weighted by atomic mass is 10.2. The molecule has 0 atom stereocenters. The third kappa shape index (κ3) is 4.64. The summed E-state index contributed by atoms with van der Waals surface area (Å²) in [5.41, 5.74) is 3.35. The van der Waals surface area contributed by atoms with Crippen LogP contribution in [0.3, 0.4) is 0 Å². The minimum atomic E-state index is -0.286. The zero-order valence-corrected chi connectivity index (χ0v) is 20.6. The Morgan fingerprint density at radius 3 is 1.97 bits per heavy atom. The lowest BCUT2D eigenvalue weighted by Gasteiger charge is -2.37. The maximum absolute atomic E-state index is 13.7. The SMILES string of the molecule is COc1ccc(N2C(=O)C(Sc3ccc(C)cc3)=C(N3CCN(c4ccccc4)CC3)C2=O)cc1. The predicted octanol–water partition coefficient (Wildman–Crippen LogP) is 4.70. The van der Waals surface area contributed by atoms with Crippen molar-refractivity contribution in [1.82, 2.24) is 4.90 Å². The molecule has 0 radical (unpaired) electrons. The maximum atomic E-state index is 13.7. The quantitative estimate of drug-likeness (QED) is 0.472. The molecule has 1 fully saturated rings. The van der Waals surface area contributed by atoms with Crippen molar-refractivity contribution in [2.24, 2.45) is 0 Å². The number of rotatable bonds is 6. The van der Waals surface area contributed by atoms with E-state index in [0.29, 0.717) is 35.1 Å². The monoisotopic (exact) mass is 485 g/mol. The lowest BCUT2D eigenvalue weighted by molar-refractivity contribution is -0.121. The lowest BCUT2D eigenvalue weighted by Crippen LogP contribution is -2.47. The normalized spacial score (nSPS) is 16.3. The molecule has 6 nitrogen and oxygen atoms in total. The van der Waals surface area contributed by atoms with E-state index >= 15 is 0 Å². The molecule has 2 amide bonds. The molecule has 3 aromatic rings. The van der Waals surface area contributed by atoms with Gasteiger partial charge >= 0.3 is 0 Å². The van der Waals surface area contributed by atoms with Crippen LogP contribution in [0.15, 0.2) is 94.4 Å². The van der Waals surface area contributed by atoms with Crippen molar-refractivity contribution in [2.75, 3.05) is 43.1 Å². The molecule has 178 valence electrons. The first kappa shape index (κ1) is 23.1. The number of nitrogens with zero attached hydrogens (tertiary/aromatic N) is 3. The van der Waals surface area contributed by atoms with E-state index in [0.717, 1.165) is 23.5 Å². The van der Waals surface area contributed by atoms with Crippen molar-refractivity contribution in [2.45, 2.75) is 11.8 Å². The summed E-state index contributed by atoms with van der Waals surface area (Å²) in [7, 11) is 1.59. The third-order valence-corrected chi connectivity index (χ3v) is 7.39. The fraction of sp³-hybridized carbons (Fsp3) is 0.214. The van der Waals surface area contributed by atoms with Gasteiger partial charge in [0.1, 0.15) is 16.4 Å². The molecule has 2 aliphatic heterocycles. The highest BCUT2D eigenvalue weighted by Crippen LogP contribution is 2.39. The zero-order chi connectivity index (χ0) is 24.4. The number of aryl methyl sites for hydroxylation is 1. The van der Waals surface area contributed by atoms with E-state index in [9.17, 15) is 9.59 Å². The van der Waals surface area contributed by atoms with Gasteiger partial charge in [-0.3, -0.25) is 9.59 Å². The maximum Gasteiger partial charge on any atom is 0.283 e. The van der Waals surface area contributed by atoms with Crippen molar-refractivity contribution < 1.29 is 14.3 Å². The van der Waals surface area contributed by atoms with Crippen LogP contribution in [0.2, 0.25) is 0 Å². The minimum Gasteiger partial charge on any atom is -0.497 e. The summed E-state index contributed by atoms with van der Waals surface area (Å²) in [6, 6.07) is 25.3. The number of ether oxygens (including phenoxy) is 1. The Bertz CT molecular complexity index is 1250. The van der Waals surface area contributed by atoms with Gasteiger partial charge in [0.25, 0.3) is 11.8 Å². The molecule has 0 unspecified atom stereocenters. The third-order valence-electron chi connectivity index (χ3n) is 6.31. The largest absolute Gasteiger partial charge is 0.497 e. The van der Waals surface area contributed by atoms with E-state index in [1.165, 1.54) is 22.3 Å². The molecule has 0 saturated carbocycles. The van der Waals surface area contributed by atoms with Gasteiger partial charge < -0.3 is 14.5 Å². The van der Waals surface area contributed by atoms with Crippen molar-refractivity contribution >= 4 is 35.0 Å². The molecule has 2 heterocycles. The van der Waals surface area contributed by atoms with Crippen LogP contribution in [0.4, 0.5) is 11.4 Å². The highest BCUT2D eigenvalue weighted by atomic mass is 32.2. The van der Waals surface area contributed by atoms with E-state index < -0.39 is 0 Å². The highest BCUT2D eigenvalue weighted by Gasteiger charge is 2.43. The molecular formula is C28H27N3O3S. The number of carbonyl (C=O) groups is 2. The van der Waals surface area contributed by atoms with Crippen LogP contribution in [0.5, 0.6) is 5.75 Å². The summed E-state index contributed by atoms with van der Waals surface area (Å²) in [5.74, 6) is 0.112. The summed E-state index contributed by atoms with van der Waals surface area (Å²) in [4.78, 5) is 34.4. The molecule has 0 spiro atoms. The van der Waals surface area contributed by atoms with Crippen molar-refractivity contribution in [3.05, 3.63) is 95.0 Å². The Balaban J connectivity index is 1.45. The number of carbonyl (C=O) groups excluding carboxylic acids is 2. The van der Waals surface area contributed by atoms with E-state index in [1.54, 1.807) is 31.4 Å². The molecular weight excluding hydrogens is 458 g/mol. The number of imide groups is 1. The standard InChI is InChI=1S/C28H27N3O3S/c1-20-8-14-24(15-9-20)35-26-25(30-18-16-29(17-19-30)21-6-4-3-5-7-21)27(32)31(28(26)33)22-10-12-23(34-2)13-11-22/h3-15H,16-19H2,1-2H3. The number of piperazine rings is 1. The summed E-state index contributed by atoms with van der Waals surface area (Å²) < 4.78 is 5.24. The van der Waals surface area contributed by atoms with Crippen molar-refractivity contribution in [3.8, 4) is 5.75 Å². The van der Waals surface area contributed by atoms with E-state index in [1.807, 2.05) is 49.4 Å². The Morgan fingerprint density at radius 2 is 1.34 bits per heavy atom. The number of para-hydroxylation sites is 1. The van der Waals surface area contributed by atoms with Gasteiger partial charge in [-0.1, -0.05) is 47.7 Å². The fourth-order valence-electron chi connectivity index (χ4n) is 4.39. The minimum absolute atomic E-state index is 0.275. The second-order valence-corrected chi connectivity index (χ2v) is 9.63. The van der Waals surface area contributed by atoms with Crippen molar-refractivity contribution in [1.29, 1.82) is 0 Å². The van der Waals surface area contributed by atoms with E-state index in [4.69, 9.17) is 4.74 Å². The zero-order valence-electron chi connectivity index (χ0n) is 19.8. The second kappa shape index (κ2) is 9.88. The first-order valence-electron chi connectivity index (χ1n) is 11.6. The van der Waals surface area contributed by atoms with Crippen LogP contribution in [0.25, 0.3) is 0 Å². The van der Waals surface area contributed by atoms with Gasteiger partial charge in [0.05, 0.1) is 12.8 Å².